The van der Waals surface area contributed by atoms with Gasteiger partial charge in [0.05, 0.1) is 5.69 Å². The van der Waals surface area contributed by atoms with Crippen molar-refractivity contribution in [2.45, 2.75) is 19.9 Å². The van der Waals surface area contributed by atoms with E-state index in [-0.39, 0.29) is 0 Å². The van der Waals surface area contributed by atoms with Gasteiger partial charge in [-0.2, -0.15) is 0 Å². The summed E-state index contributed by atoms with van der Waals surface area (Å²) in [7, 11) is 1.94. The molecule has 0 spiro atoms. The fraction of sp³-hybridized carbons (Fsp3) is 0.364. The lowest BCUT2D eigenvalue weighted by Crippen LogP contribution is -2.22. The van der Waals surface area contributed by atoms with E-state index >= 15 is 0 Å². The fourth-order valence-electron chi connectivity index (χ4n) is 1.47. The van der Waals surface area contributed by atoms with Crippen LogP contribution in [0.2, 0.25) is 5.15 Å². The van der Waals surface area contributed by atoms with E-state index < -0.39 is 0 Å². The normalized spacial score (nSPS) is 14.6. The number of hydrogen-bond donors (Lipinski definition) is 1. The van der Waals surface area contributed by atoms with Crippen molar-refractivity contribution in [1.82, 2.24) is 14.7 Å². The fourth-order valence-corrected chi connectivity index (χ4v) is 2.47. The van der Waals surface area contributed by atoms with Gasteiger partial charge in [0.25, 0.3) is 0 Å². The van der Waals surface area contributed by atoms with Crippen LogP contribution in [0.3, 0.4) is 0 Å². The molecule has 1 unspecified atom stereocenters. The predicted octanol–water partition coefficient (Wildman–Crippen LogP) is 3.06. The van der Waals surface area contributed by atoms with Crippen molar-refractivity contribution < 1.29 is 0 Å². The first-order valence-corrected chi connectivity index (χ1v) is 6.35. The number of rotatable bonds is 3. The number of aromatic nitrogens is 2. The molecule has 0 bridgehead atoms. The zero-order valence-electron chi connectivity index (χ0n) is 9.49. The van der Waals surface area contributed by atoms with E-state index in [0.29, 0.717) is 11.2 Å². The number of hydrogen-bond acceptors (Lipinski definition) is 3. The van der Waals surface area contributed by atoms with Gasteiger partial charge in [-0.25, -0.2) is 4.98 Å². The SMILES string of the molecule is CNC(C)/C(C)=C/c1c(Cl)nc2sccn12. The molecule has 2 aromatic rings. The lowest BCUT2D eigenvalue weighted by atomic mass is 10.1. The first-order chi connectivity index (χ1) is 7.63. The Morgan fingerprint density at radius 2 is 2.44 bits per heavy atom. The first kappa shape index (κ1) is 11.6. The van der Waals surface area contributed by atoms with Crippen LogP contribution in [0.4, 0.5) is 0 Å². The van der Waals surface area contributed by atoms with E-state index in [0.717, 1.165) is 10.7 Å². The molecule has 1 atom stereocenters. The van der Waals surface area contributed by atoms with Crippen molar-refractivity contribution in [3.8, 4) is 0 Å². The Morgan fingerprint density at radius 1 is 1.69 bits per heavy atom. The summed E-state index contributed by atoms with van der Waals surface area (Å²) in [6, 6.07) is 0.334. The molecule has 86 valence electrons. The number of nitrogens with zero attached hydrogens (tertiary/aromatic N) is 2. The molecule has 2 aromatic heterocycles. The predicted molar refractivity (Wildman–Crippen MR) is 70.3 cm³/mol. The van der Waals surface area contributed by atoms with E-state index in [2.05, 4.69) is 30.2 Å². The minimum absolute atomic E-state index is 0.334. The Hall–Kier alpha value is -0.840. The summed E-state index contributed by atoms with van der Waals surface area (Å²) in [5.74, 6) is 0. The van der Waals surface area contributed by atoms with Gasteiger partial charge in [-0.1, -0.05) is 17.2 Å². The molecule has 1 N–H and O–H groups in total. The van der Waals surface area contributed by atoms with E-state index in [9.17, 15) is 0 Å². The highest BCUT2D eigenvalue weighted by molar-refractivity contribution is 7.15. The molecule has 0 radical (unpaired) electrons. The Balaban J connectivity index is 2.46. The van der Waals surface area contributed by atoms with Crippen molar-refractivity contribution in [1.29, 1.82) is 0 Å². The largest absolute Gasteiger partial charge is 0.314 e. The monoisotopic (exact) mass is 255 g/mol. The Kier molecular flexibility index (Phi) is 3.33. The second-order valence-electron chi connectivity index (χ2n) is 3.74. The molecule has 2 heterocycles. The summed E-state index contributed by atoms with van der Waals surface area (Å²) >= 11 is 7.70. The summed E-state index contributed by atoms with van der Waals surface area (Å²) in [6.45, 7) is 4.20. The number of likely N-dealkylation sites (N-methyl/N-ethyl adjacent to an activating group) is 1. The Labute approximate surface area is 104 Å². The Bertz CT molecular complexity index is 526. The minimum Gasteiger partial charge on any atom is -0.314 e. The zero-order chi connectivity index (χ0) is 11.7. The number of imidazole rings is 1. The average molecular weight is 256 g/mol. The topological polar surface area (TPSA) is 29.3 Å². The molecule has 16 heavy (non-hydrogen) atoms. The quantitative estimate of drug-likeness (QED) is 0.914. The number of halogens is 1. The van der Waals surface area contributed by atoms with Gasteiger partial charge in [-0.05, 0) is 27.0 Å². The average Bonchev–Trinajstić information content (AvgIpc) is 2.81. The van der Waals surface area contributed by atoms with Crippen molar-refractivity contribution in [2.75, 3.05) is 7.05 Å². The molecular weight excluding hydrogens is 242 g/mol. The maximum atomic E-state index is 6.11. The molecule has 3 nitrogen and oxygen atoms in total. The molecular formula is C11H14ClN3S. The van der Waals surface area contributed by atoms with Gasteiger partial charge in [-0.15, -0.1) is 11.3 Å². The molecule has 0 aliphatic rings. The smallest absolute Gasteiger partial charge is 0.195 e. The van der Waals surface area contributed by atoms with Crippen LogP contribution < -0.4 is 5.32 Å². The molecule has 0 saturated heterocycles. The van der Waals surface area contributed by atoms with E-state index in [1.807, 2.05) is 23.0 Å². The van der Waals surface area contributed by atoms with Crippen molar-refractivity contribution >= 4 is 34.0 Å². The van der Waals surface area contributed by atoms with Gasteiger partial charge >= 0.3 is 0 Å². The maximum Gasteiger partial charge on any atom is 0.195 e. The number of fused-ring (bicyclic) bond motifs is 1. The lowest BCUT2D eigenvalue weighted by Gasteiger charge is -2.10. The summed E-state index contributed by atoms with van der Waals surface area (Å²) < 4.78 is 2.01. The molecule has 0 aliphatic carbocycles. The third-order valence-corrected chi connectivity index (χ3v) is 3.77. The van der Waals surface area contributed by atoms with Crippen LogP contribution >= 0.6 is 22.9 Å². The van der Waals surface area contributed by atoms with Crippen molar-refractivity contribution in [3.05, 3.63) is 28.0 Å². The third-order valence-electron chi connectivity index (χ3n) is 2.73. The molecule has 0 saturated carbocycles. The highest BCUT2D eigenvalue weighted by Gasteiger charge is 2.10. The van der Waals surface area contributed by atoms with E-state index in [1.54, 1.807) is 11.3 Å². The third kappa shape index (κ3) is 2.00. The van der Waals surface area contributed by atoms with Crippen LogP contribution in [0.15, 0.2) is 17.2 Å². The Morgan fingerprint density at radius 3 is 3.12 bits per heavy atom. The molecule has 0 aliphatic heterocycles. The number of nitrogens with one attached hydrogen (secondary N) is 1. The molecule has 2 rings (SSSR count). The van der Waals surface area contributed by atoms with Crippen LogP contribution in [0.1, 0.15) is 19.5 Å². The second kappa shape index (κ2) is 4.57. The summed E-state index contributed by atoms with van der Waals surface area (Å²) in [5.41, 5.74) is 2.19. The molecule has 0 amide bonds. The summed E-state index contributed by atoms with van der Waals surface area (Å²) in [4.78, 5) is 5.22. The van der Waals surface area contributed by atoms with Crippen LogP contribution in [-0.4, -0.2) is 22.5 Å². The maximum absolute atomic E-state index is 6.11. The standard InChI is InChI=1S/C11H14ClN3S/c1-7(8(2)13-3)6-9-10(12)14-11-15(9)4-5-16-11/h4-6,8,13H,1-3H3/b7-6+. The zero-order valence-corrected chi connectivity index (χ0v) is 11.1. The van der Waals surface area contributed by atoms with Crippen LogP contribution in [0, 0.1) is 0 Å². The first-order valence-electron chi connectivity index (χ1n) is 5.10. The van der Waals surface area contributed by atoms with Crippen LogP contribution in [0.5, 0.6) is 0 Å². The van der Waals surface area contributed by atoms with Gasteiger partial charge in [0.1, 0.15) is 0 Å². The van der Waals surface area contributed by atoms with Crippen molar-refractivity contribution in [3.63, 3.8) is 0 Å². The molecule has 0 aromatic carbocycles. The van der Waals surface area contributed by atoms with Gasteiger partial charge < -0.3 is 5.32 Å². The highest BCUT2D eigenvalue weighted by Crippen LogP contribution is 2.23. The van der Waals surface area contributed by atoms with Gasteiger partial charge in [0, 0.05) is 17.6 Å². The summed E-state index contributed by atoms with van der Waals surface area (Å²) in [6.07, 6.45) is 4.07. The highest BCUT2D eigenvalue weighted by atomic mass is 35.5. The molecule has 0 fully saturated rings. The van der Waals surface area contributed by atoms with Gasteiger partial charge in [-0.3, -0.25) is 4.40 Å². The van der Waals surface area contributed by atoms with Crippen LogP contribution in [0.25, 0.3) is 11.0 Å². The van der Waals surface area contributed by atoms with E-state index in [1.165, 1.54) is 5.57 Å². The summed E-state index contributed by atoms with van der Waals surface area (Å²) in [5, 5.41) is 5.77. The van der Waals surface area contributed by atoms with Gasteiger partial charge in [0.15, 0.2) is 10.1 Å². The lowest BCUT2D eigenvalue weighted by molar-refractivity contribution is 0.696. The minimum atomic E-state index is 0.334. The van der Waals surface area contributed by atoms with Crippen LogP contribution in [-0.2, 0) is 0 Å². The molecule has 5 heteroatoms. The number of thiazole rings is 1. The van der Waals surface area contributed by atoms with Crippen molar-refractivity contribution in [2.24, 2.45) is 0 Å². The van der Waals surface area contributed by atoms with E-state index in [4.69, 9.17) is 11.6 Å². The van der Waals surface area contributed by atoms with Gasteiger partial charge in [0.2, 0.25) is 0 Å². The second-order valence-corrected chi connectivity index (χ2v) is 4.97.